The average molecular weight is 685 g/mol. The number of nitrogens with zero attached hydrogens (tertiary/aromatic N) is 4. The minimum Gasteiger partial charge on any atom is -0.504 e. The summed E-state index contributed by atoms with van der Waals surface area (Å²) < 4.78 is 8.07. The third-order valence-electron chi connectivity index (χ3n) is 11.2. The smallest absolute Gasteiger partial charge is 0.242 e. The van der Waals surface area contributed by atoms with Crippen molar-refractivity contribution in [3.05, 3.63) is 70.3 Å². The monoisotopic (exact) mass is 684 g/mol. The molecular formula is C36H33ClN4O6S. The molecule has 0 radical (unpaired) electrons. The van der Waals surface area contributed by atoms with Gasteiger partial charge >= 0.3 is 0 Å². The molecule has 4 heterocycles. The number of carbonyl (C=O) groups excluding carboxylic acids is 4. The number of thiophene rings is 1. The van der Waals surface area contributed by atoms with Crippen LogP contribution >= 0.6 is 22.9 Å². The van der Waals surface area contributed by atoms with Gasteiger partial charge in [0.1, 0.15) is 11.5 Å². The molecule has 2 aliphatic carbocycles. The highest BCUT2D eigenvalue weighted by Crippen LogP contribution is 2.64. The zero-order chi connectivity index (χ0) is 34.0. The van der Waals surface area contributed by atoms with Crippen LogP contribution in [0.4, 0.5) is 5.82 Å². The van der Waals surface area contributed by atoms with E-state index in [0.29, 0.717) is 28.5 Å². The first-order chi connectivity index (χ1) is 22.9. The molecule has 0 unspecified atom stereocenters. The number of phenols is 1. The highest BCUT2D eigenvalue weighted by atomic mass is 35.5. The number of benzene rings is 2. The molecule has 0 bridgehead atoms. The molecule has 48 heavy (non-hydrogen) atoms. The van der Waals surface area contributed by atoms with Crippen LogP contribution < -0.4 is 9.64 Å². The van der Waals surface area contributed by atoms with Gasteiger partial charge in [0.2, 0.25) is 23.6 Å². The molecule has 8 rings (SSSR count). The van der Waals surface area contributed by atoms with Crippen molar-refractivity contribution in [3.63, 3.8) is 0 Å². The van der Waals surface area contributed by atoms with Crippen LogP contribution in [0.1, 0.15) is 36.8 Å². The van der Waals surface area contributed by atoms with E-state index in [0.717, 1.165) is 26.1 Å². The van der Waals surface area contributed by atoms with Crippen molar-refractivity contribution in [3.8, 4) is 22.1 Å². The van der Waals surface area contributed by atoms with Crippen LogP contribution in [0.25, 0.3) is 20.7 Å². The van der Waals surface area contributed by atoms with Crippen LogP contribution in [0.5, 0.6) is 11.5 Å². The van der Waals surface area contributed by atoms with Crippen LogP contribution in [0.2, 0.25) is 5.02 Å². The molecule has 2 aromatic heterocycles. The summed E-state index contributed by atoms with van der Waals surface area (Å²) in [5.41, 5.74) is 1.97. The Bertz CT molecular complexity index is 2150. The number of amides is 4. The molecule has 3 fully saturated rings. The molecule has 4 aromatic rings. The minimum absolute atomic E-state index is 0.0529. The zero-order valence-corrected chi connectivity index (χ0v) is 28.6. The number of fused-ring (bicyclic) bond motifs is 5. The number of rotatable bonds is 4. The van der Waals surface area contributed by atoms with Gasteiger partial charge in [0.05, 0.1) is 35.2 Å². The molecule has 2 aromatic carbocycles. The number of anilines is 1. The van der Waals surface area contributed by atoms with Gasteiger partial charge in [-0.3, -0.25) is 28.8 Å². The number of allylic oxidation sites excluding steroid dienone is 2. The highest BCUT2D eigenvalue weighted by Gasteiger charge is 2.67. The number of imide groups is 2. The predicted octanol–water partition coefficient (Wildman–Crippen LogP) is 5.84. The predicted molar refractivity (Wildman–Crippen MR) is 181 cm³/mol. The van der Waals surface area contributed by atoms with Crippen molar-refractivity contribution in [2.45, 2.75) is 32.6 Å². The molecule has 10 nitrogen and oxygen atoms in total. The Morgan fingerprint density at radius 1 is 1.02 bits per heavy atom. The molecule has 246 valence electrons. The topological polar surface area (TPSA) is 122 Å². The van der Waals surface area contributed by atoms with Gasteiger partial charge in [0.15, 0.2) is 11.5 Å². The number of ether oxygens (including phenoxy) is 1. The minimum atomic E-state index is -1.24. The summed E-state index contributed by atoms with van der Waals surface area (Å²) in [5, 5.41) is 16.9. The zero-order valence-electron chi connectivity index (χ0n) is 27.0. The summed E-state index contributed by atoms with van der Waals surface area (Å²) in [4.78, 5) is 59.5. The Kier molecular flexibility index (Phi) is 6.75. The van der Waals surface area contributed by atoms with E-state index in [2.05, 4.69) is 0 Å². The first-order valence-corrected chi connectivity index (χ1v) is 17.1. The molecular weight excluding hydrogens is 652 g/mol. The highest BCUT2D eigenvalue weighted by molar-refractivity contribution is 7.22. The summed E-state index contributed by atoms with van der Waals surface area (Å²) in [6.45, 7) is 3.84. The average Bonchev–Trinajstić information content (AvgIpc) is 3.72. The summed E-state index contributed by atoms with van der Waals surface area (Å²) in [6, 6.07) is 12.5. The number of hydrogen-bond acceptors (Lipinski definition) is 8. The number of halogens is 1. The van der Waals surface area contributed by atoms with E-state index >= 15 is 0 Å². The lowest BCUT2D eigenvalue weighted by Gasteiger charge is -2.49. The van der Waals surface area contributed by atoms with Crippen LogP contribution in [0.15, 0.2) is 54.1 Å². The standard InChI is InChI=1S/C36H33ClN4O6S/c1-16-21-13-18(37)7-11-27(21)48-31(16)24-15-28(40(4)38-24)41-33(44)23-14-22-19(8-9-20-29(22)34(45)39(3)32(20)43)30(36(23,2)35(41)46)17-6-10-25(42)26(12-17)47-5/h6-8,10-13,15,20,22-23,29-30,42H,9,14H2,1-5H3/t20-,22+,23-,29-,30-,36+/m0/s1. The second-order valence-corrected chi connectivity index (χ2v) is 15.0. The maximum Gasteiger partial charge on any atom is 0.242 e. The number of hydrogen-bond donors (Lipinski definition) is 1. The number of carbonyl (C=O) groups is 4. The van der Waals surface area contributed by atoms with Crippen LogP contribution in [-0.4, -0.2) is 57.6 Å². The van der Waals surface area contributed by atoms with Crippen molar-refractivity contribution in [2.75, 3.05) is 19.1 Å². The first kappa shape index (κ1) is 30.8. The van der Waals surface area contributed by atoms with E-state index in [9.17, 15) is 24.3 Å². The number of aromatic nitrogens is 2. The Morgan fingerprint density at radius 2 is 1.79 bits per heavy atom. The summed E-state index contributed by atoms with van der Waals surface area (Å²) in [5.74, 6) is -3.58. The maximum atomic E-state index is 14.9. The Balaban J connectivity index is 1.26. The number of aromatic hydroxyl groups is 1. The Labute approximate surface area is 285 Å². The number of methoxy groups -OCH3 is 1. The van der Waals surface area contributed by atoms with Gasteiger partial charge in [0, 0.05) is 35.8 Å². The van der Waals surface area contributed by atoms with Crippen molar-refractivity contribution < 1.29 is 29.0 Å². The van der Waals surface area contributed by atoms with Gasteiger partial charge in [-0.25, -0.2) is 4.90 Å². The van der Waals surface area contributed by atoms with Crippen LogP contribution in [-0.2, 0) is 26.2 Å². The van der Waals surface area contributed by atoms with Crippen molar-refractivity contribution >= 4 is 62.5 Å². The second kappa shape index (κ2) is 10.5. The SMILES string of the molecule is COc1cc([C@H]2C3=CC[C@@H]4C(=O)N(C)C(=O)[C@@H]4[C@@H]3C[C@H]3C(=O)N(c4cc(-c5sc6ccc(Cl)cc6c5C)nn4C)C(=O)[C@@]23C)ccc1O. The van der Waals surface area contributed by atoms with Crippen molar-refractivity contribution in [2.24, 2.45) is 36.1 Å². The second-order valence-electron chi connectivity index (χ2n) is 13.5. The molecule has 2 aliphatic heterocycles. The van der Waals surface area contributed by atoms with Gasteiger partial charge in [-0.1, -0.05) is 29.3 Å². The van der Waals surface area contributed by atoms with E-state index < -0.39 is 35.0 Å². The quantitative estimate of drug-likeness (QED) is 0.212. The fourth-order valence-corrected chi connectivity index (χ4v) is 10.2. The van der Waals surface area contributed by atoms with E-state index in [1.54, 1.807) is 41.3 Å². The summed E-state index contributed by atoms with van der Waals surface area (Å²) >= 11 is 7.86. The van der Waals surface area contributed by atoms with Gasteiger partial charge in [-0.2, -0.15) is 5.10 Å². The lowest BCUT2D eigenvalue weighted by Crippen LogP contribution is -2.48. The number of likely N-dealkylation sites (tertiary alicyclic amines) is 1. The van der Waals surface area contributed by atoms with E-state index in [1.165, 1.54) is 30.0 Å². The Hall–Kier alpha value is -4.48. The lowest BCUT2D eigenvalue weighted by molar-refractivity contribution is -0.138. The number of phenolic OH excluding ortho intramolecular Hbond substituents is 1. The molecule has 2 saturated heterocycles. The largest absolute Gasteiger partial charge is 0.504 e. The van der Waals surface area contributed by atoms with E-state index in [-0.39, 0.29) is 41.5 Å². The van der Waals surface area contributed by atoms with Crippen LogP contribution in [0, 0.1) is 36.0 Å². The Morgan fingerprint density at radius 3 is 2.54 bits per heavy atom. The van der Waals surface area contributed by atoms with Gasteiger partial charge in [-0.05, 0) is 79.5 Å². The summed E-state index contributed by atoms with van der Waals surface area (Å²) in [7, 11) is 4.68. The lowest BCUT2D eigenvalue weighted by atomic mass is 9.51. The van der Waals surface area contributed by atoms with Gasteiger partial charge in [0.25, 0.3) is 0 Å². The number of aryl methyl sites for hydroxylation is 2. The molecule has 4 aliphatic rings. The normalized spacial score (nSPS) is 28.2. The maximum absolute atomic E-state index is 14.9. The van der Waals surface area contributed by atoms with E-state index in [1.807, 2.05) is 38.1 Å². The van der Waals surface area contributed by atoms with Gasteiger partial charge in [-0.15, -0.1) is 11.3 Å². The molecule has 4 amide bonds. The van der Waals surface area contributed by atoms with E-state index in [4.69, 9.17) is 21.4 Å². The molecule has 12 heteroatoms. The molecule has 1 saturated carbocycles. The summed E-state index contributed by atoms with van der Waals surface area (Å²) in [6.07, 6.45) is 2.62. The fraction of sp³-hybridized carbons (Fsp3) is 0.361. The fourth-order valence-electron chi connectivity index (χ4n) is 8.86. The molecule has 6 atom stereocenters. The van der Waals surface area contributed by atoms with Gasteiger partial charge < -0.3 is 9.84 Å². The third kappa shape index (κ3) is 4.00. The van der Waals surface area contributed by atoms with Crippen LogP contribution in [0.3, 0.4) is 0 Å². The van der Waals surface area contributed by atoms with Crippen molar-refractivity contribution in [1.29, 1.82) is 0 Å². The molecule has 0 spiro atoms. The first-order valence-electron chi connectivity index (χ1n) is 15.9. The van der Waals surface area contributed by atoms with Crippen molar-refractivity contribution in [1.82, 2.24) is 14.7 Å². The molecule has 1 N–H and O–H groups in total. The third-order valence-corrected chi connectivity index (χ3v) is 12.8.